The quantitative estimate of drug-likeness (QED) is 0.775. The predicted octanol–water partition coefficient (Wildman–Crippen LogP) is 3.38. The second kappa shape index (κ2) is 7.35. The van der Waals surface area contributed by atoms with E-state index in [4.69, 9.17) is 0 Å². The maximum Gasteiger partial charge on any atom is 0.316 e. The number of benzene rings is 2. The van der Waals surface area contributed by atoms with Gasteiger partial charge in [0.1, 0.15) is 0 Å². The normalized spacial score (nSPS) is 8.76. The predicted molar refractivity (Wildman–Crippen MR) is 68.6 cm³/mol. The molecule has 0 heterocycles. The van der Waals surface area contributed by atoms with Crippen LogP contribution in [0.3, 0.4) is 0 Å². The Morgan fingerprint density at radius 3 is 1.65 bits per heavy atom. The van der Waals surface area contributed by atoms with Crippen LogP contribution in [0.5, 0.6) is 0 Å². The van der Waals surface area contributed by atoms with Gasteiger partial charge in [-0.05, 0) is 19.1 Å². The van der Waals surface area contributed by atoms with Gasteiger partial charge in [0, 0.05) is 0 Å². The summed E-state index contributed by atoms with van der Waals surface area (Å²) in [5.74, 6) is 0. The highest BCUT2D eigenvalue weighted by Gasteiger charge is 1.82. The second-order valence-corrected chi connectivity index (χ2v) is 3.92. The molecule has 0 saturated carbocycles. The van der Waals surface area contributed by atoms with E-state index in [0.29, 0.717) is 5.69 Å². The standard InChI is InChI=1S/C7H8.C6H5NO2S/c1-7-5-3-2-4-6-7;8-10(9)7-6-4-2-1-3-5-6/h2-6H,1H3;1-5H. The van der Waals surface area contributed by atoms with Crippen LogP contribution in [0.4, 0.5) is 5.69 Å². The third kappa shape index (κ3) is 6.27. The lowest BCUT2D eigenvalue weighted by atomic mass is 10.2. The number of nitrogens with zero attached hydrogens (tertiary/aromatic N) is 1. The lowest BCUT2D eigenvalue weighted by Gasteiger charge is -1.83. The van der Waals surface area contributed by atoms with Crippen molar-refractivity contribution in [2.24, 2.45) is 4.36 Å². The summed E-state index contributed by atoms with van der Waals surface area (Å²) < 4.78 is 23.3. The van der Waals surface area contributed by atoms with E-state index in [1.807, 2.05) is 18.2 Å². The molecule has 2 aromatic rings. The molecule has 0 radical (unpaired) electrons. The summed E-state index contributed by atoms with van der Waals surface area (Å²) in [6.07, 6.45) is 0. The molecule has 0 amide bonds. The van der Waals surface area contributed by atoms with Crippen LogP contribution in [0.1, 0.15) is 5.56 Å². The van der Waals surface area contributed by atoms with Gasteiger partial charge < -0.3 is 0 Å². The topological polar surface area (TPSA) is 46.5 Å². The Labute approximate surface area is 102 Å². The molecule has 4 heteroatoms. The van der Waals surface area contributed by atoms with Gasteiger partial charge in [-0.25, -0.2) is 0 Å². The SMILES string of the molecule is Cc1ccccc1.O=S(=O)=Nc1ccccc1. The first kappa shape index (κ1) is 13.1. The fourth-order valence-corrected chi connectivity index (χ4v) is 1.40. The van der Waals surface area contributed by atoms with Crippen molar-refractivity contribution < 1.29 is 8.42 Å². The third-order valence-corrected chi connectivity index (χ3v) is 2.24. The highest BCUT2D eigenvalue weighted by molar-refractivity contribution is 7.61. The Hall–Kier alpha value is -1.94. The molecule has 3 nitrogen and oxygen atoms in total. The van der Waals surface area contributed by atoms with Gasteiger partial charge in [0.2, 0.25) is 0 Å². The van der Waals surface area contributed by atoms with Crippen molar-refractivity contribution in [2.45, 2.75) is 6.92 Å². The number of hydrogen-bond acceptors (Lipinski definition) is 3. The molecule has 2 aromatic carbocycles. The number of hydrogen-bond donors (Lipinski definition) is 0. The number of aryl methyl sites for hydroxylation is 1. The van der Waals surface area contributed by atoms with Crippen molar-refractivity contribution in [2.75, 3.05) is 0 Å². The molecule has 0 fully saturated rings. The Bertz CT molecular complexity index is 555. The van der Waals surface area contributed by atoms with E-state index in [0.717, 1.165) is 0 Å². The maximum absolute atomic E-state index is 10.0. The molecule has 88 valence electrons. The Balaban J connectivity index is 0.000000181. The smallest absolute Gasteiger partial charge is 0.163 e. The van der Waals surface area contributed by atoms with E-state index in [2.05, 4.69) is 23.4 Å². The summed E-state index contributed by atoms with van der Waals surface area (Å²) in [5, 5.41) is 0. The van der Waals surface area contributed by atoms with Gasteiger partial charge >= 0.3 is 10.5 Å². The van der Waals surface area contributed by atoms with Crippen LogP contribution < -0.4 is 0 Å². The first-order valence-corrected chi connectivity index (χ1v) is 6.09. The van der Waals surface area contributed by atoms with Crippen LogP contribution in [0, 0.1) is 6.92 Å². The van der Waals surface area contributed by atoms with Crippen LogP contribution >= 0.6 is 0 Å². The van der Waals surface area contributed by atoms with Crippen molar-refractivity contribution in [1.29, 1.82) is 0 Å². The van der Waals surface area contributed by atoms with Crippen LogP contribution in [0.2, 0.25) is 0 Å². The van der Waals surface area contributed by atoms with E-state index >= 15 is 0 Å². The zero-order valence-electron chi connectivity index (χ0n) is 9.45. The molecule has 0 bridgehead atoms. The molecule has 0 saturated heterocycles. The van der Waals surface area contributed by atoms with Crippen molar-refractivity contribution in [3.05, 3.63) is 66.2 Å². The summed E-state index contributed by atoms with van der Waals surface area (Å²) in [7, 11) is -2.34. The van der Waals surface area contributed by atoms with E-state index in [1.54, 1.807) is 30.3 Å². The average Bonchev–Trinajstić information content (AvgIpc) is 2.31. The lowest BCUT2D eigenvalue weighted by molar-refractivity contribution is 0.622. The Morgan fingerprint density at radius 2 is 1.29 bits per heavy atom. The van der Waals surface area contributed by atoms with E-state index in [1.165, 1.54) is 5.56 Å². The molecule has 0 N–H and O–H groups in total. The summed E-state index contributed by atoms with van der Waals surface area (Å²) in [4.78, 5) is 0. The van der Waals surface area contributed by atoms with Gasteiger partial charge in [-0.2, -0.15) is 8.42 Å². The first-order chi connectivity index (χ1) is 8.18. The molecule has 0 aliphatic heterocycles. The van der Waals surface area contributed by atoms with Gasteiger partial charge in [-0.1, -0.05) is 54.1 Å². The molecule has 2 rings (SSSR count). The minimum Gasteiger partial charge on any atom is -0.163 e. The zero-order chi connectivity index (χ0) is 12.5. The minimum absolute atomic E-state index is 0.454. The molecule has 0 aliphatic carbocycles. The maximum atomic E-state index is 10.0. The fraction of sp³-hybridized carbons (Fsp3) is 0.0769. The molecule has 0 aromatic heterocycles. The van der Waals surface area contributed by atoms with Gasteiger partial charge in [-0.15, -0.1) is 4.36 Å². The molecule has 0 unspecified atom stereocenters. The van der Waals surface area contributed by atoms with Crippen molar-refractivity contribution in [1.82, 2.24) is 0 Å². The van der Waals surface area contributed by atoms with Gasteiger partial charge in [-0.3, -0.25) is 0 Å². The largest absolute Gasteiger partial charge is 0.316 e. The summed E-state index contributed by atoms with van der Waals surface area (Å²) in [5.41, 5.74) is 1.78. The summed E-state index contributed by atoms with van der Waals surface area (Å²) in [6, 6.07) is 18.8. The van der Waals surface area contributed by atoms with Gasteiger partial charge in [0.05, 0.1) is 5.69 Å². The van der Waals surface area contributed by atoms with Crippen molar-refractivity contribution in [3.63, 3.8) is 0 Å². The molecule has 0 atom stereocenters. The average molecular weight is 247 g/mol. The first-order valence-electron chi connectivity index (χ1n) is 5.06. The monoisotopic (exact) mass is 247 g/mol. The minimum atomic E-state index is -2.34. The molecule has 0 aliphatic rings. The molecular formula is C13H13NO2S. The highest BCUT2D eigenvalue weighted by atomic mass is 32.2. The highest BCUT2D eigenvalue weighted by Crippen LogP contribution is 2.08. The van der Waals surface area contributed by atoms with Crippen LogP contribution in [-0.4, -0.2) is 8.42 Å². The second-order valence-electron chi connectivity index (χ2n) is 3.30. The third-order valence-electron chi connectivity index (χ3n) is 1.88. The molecular weight excluding hydrogens is 234 g/mol. The van der Waals surface area contributed by atoms with Crippen LogP contribution in [0.25, 0.3) is 0 Å². The van der Waals surface area contributed by atoms with Crippen molar-refractivity contribution in [3.8, 4) is 0 Å². The van der Waals surface area contributed by atoms with Gasteiger partial charge in [0.25, 0.3) is 0 Å². The molecule has 17 heavy (non-hydrogen) atoms. The summed E-state index contributed by atoms with van der Waals surface area (Å²) >= 11 is 0. The van der Waals surface area contributed by atoms with Gasteiger partial charge in [0.15, 0.2) is 0 Å². The van der Waals surface area contributed by atoms with E-state index in [9.17, 15) is 8.42 Å². The van der Waals surface area contributed by atoms with Crippen molar-refractivity contribution >= 4 is 16.2 Å². The van der Waals surface area contributed by atoms with E-state index < -0.39 is 10.5 Å². The van der Waals surface area contributed by atoms with Crippen LogP contribution in [-0.2, 0) is 10.5 Å². The molecule has 0 spiro atoms. The fourth-order valence-electron chi connectivity index (χ4n) is 1.11. The Morgan fingerprint density at radius 1 is 0.824 bits per heavy atom. The Kier molecular flexibility index (Phi) is 5.68. The van der Waals surface area contributed by atoms with Crippen LogP contribution in [0.15, 0.2) is 65.0 Å². The lowest BCUT2D eigenvalue weighted by Crippen LogP contribution is -1.62. The van der Waals surface area contributed by atoms with E-state index in [-0.39, 0.29) is 0 Å². The number of rotatable bonds is 1. The summed E-state index contributed by atoms with van der Waals surface area (Å²) in [6.45, 7) is 2.08. The zero-order valence-corrected chi connectivity index (χ0v) is 10.3.